The molecule has 0 spiro atoms. The molecule has 0 aromatic heterocycles. The van der Waals surface area contributed by atoms with Crippen molar-refractivity contribution in [3.63, 3.8) is 0 Å². The number of aliphatic hydroxyl groups is 1. The van der Waals surface area contributed by atoms with Gasteiger partial charge in [0.2, 0.25) is 5.91 Å². The Kier molecular flexibility index (Phi) is 2.78. The standard InChI is InChI=1S/C15H21NO2/c1-13(2)10-15(18,11-8-6-5-7-9-11)16-12(17)14(13,3)4/h5-9,18H,10H2,1-4H3,(H,16,17). The van der Waals surface area contributed by atoms with Crippen molar-refractivity contribution in [1.82, 2.24) is 5.32 Å². The smallest absolute Gasteiger partial charge is 0.228 e. The fraction of sp³-hybridized carbons (Fsp3) is 0.533. The maximum absolute atomic E-state index is 12.2. The van der Waals surface area contributed by atoms with E-state index in [1.54, 1.807) is 0 Å². The molecule has 2 rings (SSSR count). The van der Waals surface area contributed by atoms with Crippen molar-refractivity contribution < 1.29 is 9.90 Å². The van der Waals surface area contributed by atoms with Crippen LogP contribution in [0.5, 0.6) is 0 Å². The average Bonchev–Trinajstić information content (AvgIpc) is 2.27. The topological polar surface area (TPSA) is 49.3 Å². The summed E-state index contributed by atoms with van der Waals surface area (Å²) in [4.78, 5) is 12.2. The van der Waals surface area contributed by atoms with Gasteiger partial charge in [0, 0.05) is 17.4 Å². The highest BCUT2D eigenvalue weighted by Crippen LogP contribution is 2.49. The molecule has 1 unspecified atom stereocenters. The van der Waals surface area contributed by atoms with E-state index in [0.717, 1.165) is 5.56 Å². The Balaban J connectivity index is 2.42. The molecule has 1 heterocycles. The molecule has 1 atom stereocenters. The molecule has 0 bridgehead atoms. The molecule has 1 aliphatic heterocycles. The molecule has 1 aromatic rings. The van der Waals surface area contributed by atoms with E-state index in [1.165, 1.54) is 0 Å². The van der Waals surface area contributed by atoms with Gasteiger partial charge in [0.15, 0.2) is 5.72 Å². The second-order valence-electron chi connectivity index (χ2n) is 6.37. The van der Waals surface area contributed by atoms with Crippen LogP contribution in [-0.2, 0) is 10.5 Å². The number of nitrogens with one attached hydrogen (secondary N) is 1. The summed E-state index contributed by atoms with van der Waals surface area (Å²) in [6.07, 6.45) is 0.503. The maximum Gasteiger partial charge on any atom is 0.228 e. The van der Waals surface area contributed by atoms with Gasteiger partial charge in [0.25, 0.3) is 0 Å². The third-order valence-corrected chi connectivity index (χ3v) is 4.53. The molecular weight excluding hydrogens is 226 g/mol. The van der Waals surface area contributed by atoms with Gasteiger partial charge in [0.1, 0.15) is 0 Å². The highest BCUT2D eigenvalue weighted by Gasteiger charge is 2.54. The summed E-state index contributed by atoms with van der Waals surface area (Å²) >= 11 is 0. The lowest BCUT2D eigenvalue weighted by atomic mass is 9.60. The SMILES string of the molecule is CC1(C)CC(O)(c2ccccc2)NC(=O)C1(C)C. The molecule has 1 fully saturated rings. The van der Waals surface area contributed by atoms with Gasteiger partial charge in [-0.1, -0.05) is 58.0 Å². The van der Waals surface area contributed by atoms with Gasteiger partial charge in [0.05, 0.1) is 0 Å². The third kappa shape index (κ3) is 1.83. The van der Waals surface area contributed by atoms with Crippen LogP contribution in [0, 0.1) is 10.8 Å². The van der Waals surface area contributed by atoms with Gasteiger partial charge in [-0.15, -0.1) is 0 Å². The van der Waals surface area contributed by atoms with Crippen LogP contribution in [-0.4, -0.2) is 11.0 Å². The lowest BCUT2D eigenvalue weighted by Crippen LogP contribution is -2.62. The molecular formula is C15H21NO2. The predicted molar refractivity (Wildman–Crippen MR) is 70.7 cm³/mol. The van der Waals surface area contributed by atoms with Crippen LogP contribution in [0.15, 0.2) is 30.3 Å². The molecule has 1 saturated heterocycles. The zero-order chi connectivity index (χ0) is 13.6. The quantitative estimate of drug-likeness (QED) is 0.800. The minimum absolute atomic E-state index is 0.106. The zero-order valence-electron chi connectivity index (χ0n) is 11.4. The van der Waals surface area contributed by atoms with Crippen molar-refractivity contribution in [2.24, 2.45) is 10.8 Å². The minimum atomic E-state index is -1.27. The Hall–Kier alpha value is -1.35. The second-order valence-corrected chi connectivity index (χ2v) is 6.37. The van der Waals surface area contributed by atoms with Crippen molar-refractivity contribution in [2.75, 3.05) is 0 Å². The number of amides is 1. The molecule has 0 radical (unpaired) electrons. The van der Waals surface area contributed by atoms with E-state index in [1.807, 2.05) is 58.0 Å². The number of rotatable bonds is 1. The molecule has 3 heteroatoms. The van der Waals surface area contributed by atoms with Gasteiger partial charge in [-0.2, -0.15) is 0 Å². The fourth-order valence-electron chi connectivity index (χ4n) is 2.44. The van der Waals surface area contributed by atoms with Gasteiger partial charge in [-0.3, -0.25) is 4.79 Å². The van der Waals surface area contributed by atoms with Gasteiger partial charge >= 0.3 is 0 Å². The van der Waals surface area contributed by atoms with E-state index in [9.17, 15) is 9.90 Å². The number of carbonyl (C=O) groups is 1. The van der Waals surface area contributed by atoms with Crippen LogP contribution in [0.4, 0.5) is 0 Å². The highest BCUT2D eigenvalue weighted by atomic mass is 16.3. The first-order chi connectivity index (χ1) is 8.19. The second kappa shape index (κ2) is 3.82. The summed E-state index contributed by atoms with van der Waals surface area (Å²) in [6.45, 7) is 7.90. The summed E-state index contributed by atoms with van der Waals surface area (Å²) in [5.74, 6) is -0.106. The summed E-state index contributed by atoms with van der Waals surface area (Å²) in [6, 6.07) is 9.31. The summed E-state index contributed by atoms with van der Waals surface area (Å²) in [5, 5.41) is 13.5. The monoisotopic (exact) mass is 247 g/mol. The Bertz CT molecular complexity index is 465. The number of carbonyl (C=O) groups excluding carboxylic acids is 1. The molecule has 1 amide bonds. The van der Waals surface area contributed by atoms with E-state index in [-0.39, 0.29) is 11.3 Å². The summed E-state index contributed by atoms with van der Waals surface area (Å²) < 4.78 is 0. The van der Waals surface area contributed by atoms with Gasteiger partial charge in [-0.05, 0) is 5.41 Å². The summed E-state index contributed by atoms with van der Waals surface area (Å²) in [5.41, 5.74) is -1.30. The van der Waals surface area contributed by atoms with Crippen LogP contribution in [0.3, 0.4) is 0 Å². The molecule has 1 aromatic carbocycles. The van der Waals surface area contributed by atoms with E-state index >= 15 is 0 Å². The summed E-state index contributed by atoms with van der Waals surface area (Å²) in [7, 11) is 0. The Morgan fingerprint density at radius 1 is 1.11 bits per heavy atom. The third-order valence-electron chi connectivity index (χ3n) is 4.53. The van der Waals surface area contributed by atoms with Crippen LogP contribution in [0.2, 0.25) is 0 Å². The van der Waals surface area contributed by atoms with Gasteiger partial charge < -0.3 is 10.4 Å². The number of hydrogen-bond acceptors (Lipinski definition) is 2. The van der Waals surface area contributed by atoms with Crippen molar-refractivity contribution >= 4 is 5.91 Å². The molecule has 98 valence electrons. The molecule has 18 heavy (non-hydrogen) atoms. The molecule has 2 N–H and O–H groups in total. The number of hydrogen-bond donors (Lipinski definition) is 2. The maximum atomic E-state index is 12.2. The molecule has 0 saturated carbocycles. The first-order valence-electron chi connectivity index (χ1n) is 6.30. The first kappa shape index (κ1) is 13.1. The van der Waals surface area contributed by atoms with E-state index in [4.69, 9.17) is 0 Å². The van der Waals surface area contributed by atoms with Crippen molar-refractivity contribution in [3.05, 3.63) is 35.9 Å². The molecule has 3 nitrogen and oxygen atoms in total. The van der Waals surface area contributed by atoms with Crippen molar-refractivity contribution in [1.29, 1.82) is 0 Å². The minimum Gasteiger partial charge on any atom is -0.367 e. The first-order valence-corrected chi connectivity index (χ1v) is 6.30. The Morgan fingerprint density at radius 3 is 2.17 bits per heavy atom. The average molecular weight is 247 g/mol. The van der Waals surface area contributed by atoms with Crippen molar-refractivity contribution in [3.8, 4) is 0 Å². The van der Waals surface area contributed by atoms with E-state index in [2.05, 4.69) is 5.32 Å². The Morgan fingerprint density at radius 2 is 1.67 bits per heavy atom. The lowest BCUT2D eigenvalue weighted by Gasteiger charge is -2.51. The Labute approximate surface area is 108 Å². The zero-order valence-corrected chi connectivity index (χ0v) is 11.4. The van der Waals surface area contributed by atoms with Crippen LogP contribution in [0.1, 0.15) is 39.7 Å². The molecule has 1 aliphatic rings. The van der Waals surface area contributed by atoms with E-state index in [0.29, 0.717) is 6.42 Å². The van der Waals surface area contributed by atoms with Crippen molar-refractivity contribution in [2.45, 2.75) is 39.8 Å². The lowest BCUT2D eigenvalue weighted by molar-refractivity contribution is -0.165. The van der Waals surface area contributed by atoms with Crippen LogP contribution < -0.4 is 5.32 Å². The largest absolute Gasteiger partial charge is 0.367 e. The van der Waals surface area contributed by atoms with Crippen LogP contribution in [0.25, 0.3) is 0 Å². The fourth-order valence-corrected chi connectivity index (χ4v) is 2.44. The number of piperidine rings is 1. The van der Waals surface area contributed by atoms with Gasteiger partial charge in [-0.25, -0.2) is 0 Å². The normalized spacial score (nSPS) is 29.7. The predicted octanol–water partition coefficient (Wildman–Crippen LogP) is 2.40. The van der Waals surface area contributed by atoms with Crippen LogP contribution >= 0.6 is 0 Å². The highest BCUT2D eigenvalue weighted by molar-refractivity contribution is 5.84. The number of benzene rings is 1. The van der Waals surface area contributed by atoms with E-state index < -0.39 is 11.1 Å². The molecule has 0 aliphatic carbocycles.